The first-order chi connectivity index (χ1) is 28.3. The maximum atomic E-state index is 5.27. The average molecular weight is 730 g/mol. The average Bonchev–Trinajstić information content (AvgIpc) is 3.64. The van der Waals surface area contributed by atoms with Gasteiger partial charge in [0.05, 0.1) is 27.8 Å². The van der Waals surface area contributed by atoms with Gasteiger partial charge in [-0.15, -0.1) is 0 Å². The smallest absolute Gasteiger partial charge is 0.238 e. The topological polar surface area (TPSA) is 46.8 Å². The second-order valence-electron chi connectivity index (χ2n) is 14.4. The number of nitrogens with zero attached hydrogens (tertiary/aromatic N) is 5. The fourth-order valence-electron chi connectivity index (χ4n) is 8.98. The Morgan fingerprint density at radius 2 is 0.895 bits per heavy atom. The van der Waals surface area contributed by atoms with Crippen molar-refractivity contribution >= 4 is 38.9 Å². The highest BCUT2D eigenvalue weighted by atomic mass is 15.2. The van der Waals surface area contributed by atoms with Gasteiger partial charge in [0.2, 0.25) is 5.95 Å². The van der Waals surface area contributed by atoms with Crippen LogP contribution in [0.4, 0.5) is 17.1 Å². The molecule has 0 unspecified atom stereocenters. The summed E-state index contributed by atoms with van der Waals surface area (Å²) >= 11 is 0. The lowest BCUT2D eigenvalue weighted by atomic mass is 9.61. The van der Waals surface area contributed by atoms with Crippen molar-refractivity contribution in [1.29, 1.82) is 0 Å². The molecule has 268 valence electrons. The molecule has 3 heterocycles. The Balaban J connectivity index is 1.32. The van der Waals surface area contributed by atoms with E-state index < -0.39 is 5.41 Å². The highest BCUT2D eigenvalue weighted by Gasteiger charge is 2.48. The fraction of sp³-hybridized carbons (Fsp3) is 0.0192. The van der Waals surface area contributed by atoms with Crippen LogP contribution in [-0.4, -0.2) is 19.5 Å². The van der Waals surface area contributed by atoms with Gasteiger partial charge >= 0.3 is 0 Å². The predicted molar refractivity (Wildman–Crippen MR) is 232 cm³/mol. The number of fused-ring (bicyclic) bond motifs is 6. The monoisotopic (exact) mass is 729 g/mol. The van der Waals surface area contributed by atoms with Crippen LogP contribution in [0.1, 0.15) is 22.3 Å². The number of hydrogen-bond acceptors (Lipinski definition) is 4. The summed E-state index contributed by atoms with van der Waals surface area (Å²) < 4.78 is 2.24. The lowest BCUT2D eigenvalue weighted by molar-refractivity contribution is 0.739. The minimum atomic E-state index is -0.697. The van der Waals surface area contributed by atoms with Gasteiger partial charge < -0.3 is 4.90 Å². The van der Waals surface area contributed by atoms with Gasteiger partial charge in [0.1, 0.15) is 0 Å². The molecule has 0 fully saturated rings. The third kappa shape index (κ3) is 5.06. The second-order valence-corrected chi connectivity index (χ2v) is 14.4. The van der Waals surface area contributed by atoms with Crippen molar-refractivity contribution in [2.24, 2.45) is 0 Å². The van der Waals surface area contributed by atoms with E-state index in [0.29, 0.717) is 17.6 Å². The van der Waals surface area contributed by atoms with Crippen LogP contribution in [0.5, 0.6) is 0 Å². The Morgan fingerprint density at radius 3 is 1.51 bits per heavy atom. The molecular weight excluding hydrogens is 695 g/mol. The van der Waals surface area contributed by atoms with Crippen molar-refractivity contribution < 1.29 is 0 Å². The van der Waals surface area contributed by atoms with Crippen LogP contribution < -0.4 is 4.90 Å². The molecule has 57 heavy (non-hydrogen) atoms. The molecule has 10 aromatic rings. The van der Waals surface area contributed by atoms with E-state index in [1.54, 1.807) is 0 Å². The molecule has 0 aliphatic carbocycles. The van der Waals surface area contributed by atoms with E-state index in [9.17, 15) is 0 Å². The molecular formula is C52H35N5. The molecule has 0 saturated heterocycles. The van der Waals surface area contributed by atoms with Gasteiger partial charge in [-0.05, 0) is 53.1 Å². The van der Waals surface area contributed by atoms with Gasteiger partial charge in [0, 0.05) is 33.2 Å². The van der Waals surface area contributed by atoms with Gasteiger partial charge in [0.25, 0.3) is 0 Å². The molecule has 0 atom stereocenters. The summed E-state index contributed by atoms with van der Waals surface area (Å²) in [6.45, 7) is 0. The third-order valence-corrected chi connectivity index (χ3v) is 11.3. The summed E-state index contributed by atoms with van der Waals surface area (Å²) in [4.78, 5) is 18.0. The number of benzene rings is 8. The summed E-state index contributed by atoms with van der Waals surface area (Å²) in [6, 6.07) is 75.2. The van der Waals surface area contributed by atoms with Gasteiger partial charge in [-0.3, -0.25) is 4.57 Å². The molecule has 5 heteroatoms. The lowest BCUT2D eigenvalue weighted by Crippen LogP contribution is -2.38. The molecule has 11 rings (SSSR count). The van der Waals surface area contributed by atoms with Crippen LogP contribution in [0, 0.1) is 0 Å². The van der Waals surface area contributed by atoms with E-state index in [-0.39, 0.29) is 0 Å². The zero-order valence-corrected chi connectivity index (χ0v) is 30.9. The number of rotatable bonds is 6. The number of anilines is 3. The molecule has 0 saturated carbocycles. The Hall–Kier alpha value is -7.63. The SMILES string of the molecule is c1ccc(-c2nc(-c3ccccc3)nc(-n3c4ccccc4c4c5c(ccc43)N(c3ccccc3)c3ccccc3C5(c3ccccc3)c3ccccc3)n2)cc1. The van der Waals surface area contributed by atoms with E-state index >= 15 is 0 Å². The third-order valence-electron chi connectivity index (χ3n) is 11.3. The lowest BCUT2D eigenvalue weighted by Gasteiger charge is -2.47. The van der Waals surface area contributed by atoms with Crippen molar-refractivity contribution in [1.82, 2.24) is 19.5 Å². The first kappa shape index (κ1) is 32.8. The summed E-state index contributed by atoms with van der Waals surface area (Å²) in [5.74, 6) is 1.81. The summed E-state index contributed by atoms with van der Waals surface area (Å²) in [7, 11) is 0. The number of para-hydroxylation sites is 3. The minimum Gasteiger partial charge on any atom is -0.310 e. The van der Waals surface area contributed by atoms with E-state index in [1.807, 2.05) is 36.4 Å². The number of hydrogen-bond donors (Lipinski definition) is 0. The zero-order valence-electron chi connectivity index (χ0n) is 30.9. The normalized spacial score (nSPS) is 13.0. The fourth-order valence-corrected chi connectivity index (χ4v) is 8.98. The van der Waals surface area contributed by atoms with Crippen LogP contribution >= 0.6 is 0 Å². The first-order valence-corrected chi connectivity index (χ1v) is 19.3. The second kappa shape index (κ2) is 13.3. The van der Waals surface area contributed by atoms with Gasteiger partial charge in [0.15, 0.2) is 11.6 Å². The van der Waals surface area contributed by atoms with Crippen LogP contribution in [0.2, 0.25) is 0 Å². The van der Waals surface area contributed by atoms with Gasteiger partial charge in [-0.25, -0.2) is 4.98 Å². The number of aromatic nitrogens is 4. The largest absolute Gasteiger partial charge is 0.310 e. The Morgan fingerprint density at radius 1 is 0.386 bits per heavy atom. The molecule has 5 nitrogen and oxygen atoms in total. The molecule has 0 radical (unpaired) electrons. The highest BCUT2D eigenvalue weighted by Crippen LogP contribution is 2.60. The molecule has 2 aromatic heterocycles. The van der Waals surface area contributed by atoms with E-state index in [0.717, 1.165) is 50.0 Å². The standard InChI is InChI=1S/C52H35N5/c1-6-20-36(21-7-1)49-53-50(37-22-8-2-9-23-37)55-51(54-49)57-43-32-18-16-30-41(43)47-45(57)34-35-46-48(47)52(38-24-10-3-11-25-38,39-26-12-4-13-27-39)42-31-17-19-33-44(42)56(46)40-28-14-5-15-29-40/h1-35H. The molecule has 1 aliphatic heterocycles. The van der Waals surface area contributed by atoms with Crippen molar-refractivity contribution in [3.8, 4) is 28.7 Å². The Bertz CT molecular complexity index is 2960. The van der Waals surface area contributed by atoms with Gasteiger partial charge in [-0.2, -0.15) is 9.97 Å². The maximum absolute atomic E-state index is 5.27. The molecule has 0 bridgehead atoms. The first-order valence-electron chi connectivity index (χ1n) is 19.3. The van der Waals surface area contributed by atoms with Crippen LogP contribution in [0.15, 0.2) is 212 Å². The quantitative estimate of drug-likeness (QED) is 0.171. The summed E-state index contributed by atoms with van der Waals surface area (Å²) in [5.41, 5.74) is 11.4. The van der Waals surface area contributed by atoms with Crippen molar-refractivity contribution in [3.63, 3.8) is 0 Å². The van der Waals surface area contributed by atoms with Gasteiger partial charge in [-0.1, -0.05) is 176 Å². The molecule has 0 amide bonds. The highest BCUT2D eigenvalue weighted by molar-refractivity contribution is 6.15. The van der Waals surface area contributed by atoms with E-state index in [4.69, 9.17) is 15.0 Å². The Kier molecular flexibility index (Phi) is 7.64. The van der Waals surface area contributed by atoms with Crippen molar-refractivity contribution in [3.05, 3.63) is 235 Å². The Labute approximate surface area is 330 Å². The summed E-state index contributed by atoms with van der Waals surface area (Å²) in [5, 5.41) is 2.27. The summed E-state index contributed by atoms with van der Waals surface area (Å²) in [6.07, 6.45) is 0. The van der Waals surface area contributed by atoms with Crippen LogP contribution in [0.25, 0.3) is 50.5 Å². The molecule has 0 spiro atoms. The van der Waals surface area contributed by atoms with E-state index in [1.165, 1.54) is 22.3 Å². The maximum Gasteiger partial charge on any atom is 0.238 e. The van der Waals surface area contributed by atoms with Crippen molar-refractivity contribution in [2.45, 2.75) is 5.41 Å². The van der Waals surface area contributed by atoms with Crippen molar-refractivity contribution in [2.75, 3.05) is 4.90 Å². The van der Waals surface area contributed by atoms with E-state index in [2.05, 4.69) is 185 Å². The predicted octanol–water partition coefficient (Wildman–Crippen LogP) is 12.5. The van der Waals surface area contributed by atoms with Crippen LogP contribution in [-0.2, 0) is 5.41 Å². The zero-order chi connectivity index (χ0) is 37.8. The molecule has 1 aliphatic rings. The minimum absolute atomic E-state index is 0.565. The molecule has 8 aromatic carbocycles. The van der Waals surface area contributed by atoms with Crippen LogP contribution in [0.3, 0.4) is 0 Å². The molecule has 0 N–H and O–H groups in total.